The van der Waals surface area contributed by atoms with Gasteiger partial charge in [0.1, 0.15) is 0 Å². The lowest BCUT2D eigenvalue weighted by molar-refractivity contribution is 0.939. The molecule has 0 aromatic heterocycles. The Hall–Kier alpha value is -2.64. The van der Waals surface area contributed by atoms with Gasteiger partial charge in [0.05, 0.1) is 16.2 Å². The Morgan fingerprint density at radius 1 is 0.476 bits per heavy atom. The van der Waals surface area contributed by atoms with Crippen molar-refractivity contribution in [3.8, 4) is 72.1 Å². The summed E-state index contributed by atoms with van der Waals surface area (Å²) in [5.74, 6) is 29.5. The van der Waals surface area contributed by atoms with Crippen LogP contribution < -0.4 is 0 Å². The van der Waals surface area contributed by atoms with Gasteiger partial charge < -0.3 is 0 Å². The zero-order chi connectivity index (χ0) is 14.8. The van der Waals surface area contributed by atoms with Crippen LogP contribution in [-0.4, -0.2) is 0 Å². The second-order valence-corrected chi connectivity index (χ2v) is 6.03. The predicted molar refractivity (Wildman–Crippen MR) is 83.8 cm³/mol. The Kier molecular flexibility index (Phi) is 3.00. The zero-order valence-electron chi connectivity index (χ0n) is 11.9. The summed E-state index contributed by atoms with van der Waals surface area (Å²) in [4.78, 5) is 0. The van der Waals surface area contributed by atoms with Gasteiger partial charge in [-0.2, -0.15) is 0 Å². The third-order valence-corrected chi connectivity index (χ3v) is 4.13. The van der Waals surface area contributed by atoms with E-state index in [0.717, 1.165) is 38.5 Å². The van der Waals surface area contributed by atoms with Gasteiger partial charge in [0.2, 0.25) is 0 Å². The summed E-state index contributed by atoms with van der Waals surface area (Å²) in [5.41, 5.74) is -0.560. The standard InChI is InChI=1S/C21H14/c1-3-19(13-14-19)9-5-7-11-21(17-18-21)12-8-6-10-20(4-2)15-16-20/h1-2H,13-18H2. The van der Waals surface area contributed by atoms with Crippen LogP contribution >= 0.6 is 0 Å². The van der Waals surface area contributed by atoms with Gasteiger partial charge >= 0.3 is 0 Å². The van der Waals surface area contributed by atoms with Crippen LogP contribution in [0.5, 0.6) is 0 Å². The first-order valence-corrected chi connectivity index (χ1v) is 7.20. The van der Waals surface area contributed by atoms with E-state index in [0.29, 0.717) is 0 Å². The summed E-state index contributed by atoms with van der Waals surface area (Å²) in [6.45, 7) is 0. The third-order valence-electron chi connectivity index (χ3n) is 4.13. The Bertz CT molecular complexity index is 726. The van der Waals surface area contributed by atoms with E-state index in [1.165, 1.54) is 0 Å². The monoisotopic (exact) mass is 266 g/mol. The highest BCUT2D eigenvalue weighted by atomic mass is 14.4. The fraction of sp³-hybridized carbons (Fsp3) is 0.429. The van der Waals surface area contributed by atoms with Crippen molar-refractivity contribution in [3.63, 3.8) is 0 Å². The van der Waals surface area contributed by atoms with E-state index in [4.69, 9.17) is 12.8 Å². The molecule has 0 nitrogen and oxygen atoms in total. The molecular weight excluding hydrogens is 252 g/mol. The minimum Gasteiger partial charge on any atom is -0.118 e. The average molecular weight is 266 g/mol. The lowest BCUT2D eigenvalue weighted by Crippen LogP contribution is -1.91. The van der Waals surface area contributed by atoms with E-state index in [9.17, 15) is 0 Å². The number of hydrogen-bond donors (Lipinski definition) is 0. The molecule has 0 saturated heterocycles. The highest BCUT2D eigenvalue weighted by Crippen LogP contribution is 2.45. The summed E-state index contributed by atoms with van der Waals surface area (Å²) in [6, 6.07) is 0. The molecule has 3 rings (SSSR count). The molecule has 0 spiro atoms. The summed E-state index contributed by atoms with van der Waals surface area (Å²) < 4.78 is 0. The molecule has 98 valence electrons. The second-order valence-electron chi connectivity index (χ2n) is 6.03. The van der Waals surface area contributed by atoms with Crippen LogP contribution in [-0.2, 0) is 0 Å². The number of terminal acetylenes is 2. The maximum absolute atomic E-state index is 5.43. The highest BCUT2D eigenvalue weighted by Gasteiger charge is 2.40. The first-order valence-electron chi connectivity index (χ1n) is 7.20. The van der Waals surface area contributed by atoms with Crippen molar-refractivity contribution in [2.45, 2.75) is 38.5 Å². The number of hydrogen-bond acceptors (Lipinski definition) is 0. The molecule has 3 saturated carbocycles. The zero-order valence-corrected chi connectivity index (χ0v) is 11.9. The second kappa shape index (κ2) is 4.72. The van der Waals surface area contributed by atoms with Gasteiger partial charge in [-0.3, -0.25) is 0 Å². The normalized spacial score (nSPS) is 22.6. The molecule has 3 fully saturated rings. The van der Waals surface area contributed by atoms with E-state index in [-0.39, 0.29) is 16.2 Å². The Balaban J connectivity index is 1.62. The Morgan fingerprint density at radius 2 is 0.762 bits per heavy atom. The fourth-order valence-electron chi connectivity index (χ4n) is 1.87. The van der Waals surface area contributed by atoms with Crippen molar-refractivity contribution in [1.82, 2.24) is 0 Å². The van der Waals surface area contributed by atoms with Crippen LogP contribution in [0.15, 0.2) is 0 Å². The van der Waals surface area contributed by atoms with Crippen molar-refractivity contribution >= 4 is 0 Å². The minimum absolute atomic E-state index is 0.184. The quantitative estimate of drug-likeness (QED) is 0.591. The largest absolute Gasteiger partial charge is 0.118 e. The summed E-state index contributed by atoms with van der Waals surface area (Å²) in [5, 5.41) is 0. The molecule has 0 heteroatoms. The highest BCUT2D eigenvalue weighted by molar-refractivity contribution is 5.45. The smallest absolute Gasteiger partial charge is 0.0940 e. The van der Waals surface area contributed by atoms with Crippen LogP contribution in [0.1, 0.15) is 38.5 Å². The third kappa shape index (κ3) is 3.10. The van der Waals surface area contributed by atoms with E-state index in [1.807, 2.05) is 0 Å². The molecule has 0 aromatic rings. The van der Waals surface area contributed by atoms with E-state index >= 15 is 0 Å². The van der Waals surface area contributed by atoms with Gasteiger partial charge in [-0.1, -0.05) is 35.5 Å². The van der Waals surface area contributed by atoms with Gasteiger partial charge in [-0.25, -0.2) is 0 Å². The van der Waals surface area contributed by atoms with Crippen LogP contribution in [0.25, 0.3) is 0 Å². The van der Waals surface area contributed by atoms with Crippen LogP contribution in [0.4, 0.5) is 0 Å². The van der Waals surface area contributed by atoms with Crippen molar-refractivity contribution in [2.75, 3.05) is 0 Å². The van der Waals surface area contributed by atoms with Crippen molar-refractivity contribution in [2.24, 2.45) is 16.2 Å². The van der Waals surface area contributed by atoms with E-state index < -0.39 is 0 Å². The van der Waals surface area contributed by atoms with Gasteiger partial charge in [0.25, 0.3) is 0 Å². The molecule has 0 aliphatic heterocycles. The average Bonchev–Trinajstić information content (AvgIpc) is 3.37. The maximum atomic E-state index is 5.43. The molecule has 3 aliphatic rings. The summed E-state index contributed by atoms with van der Waals surface area (Å²) in [6.07, 6.45) is 16.8. The topological polar surface area (TPSA) is 0 Å². The minimum atomic E-state index is -0.191. The van der Waals surface area contributed by atoms with Crippen LogP contribution in [0.3, 0.4) is 0 Å². The lowest BCUT2D eigenvalue weighted by Gasteiger charge is -1.91. The number of rotatable bonds is 0. The van der Waals surface area contributed by atoms with Gasteiger partial charge in [-0.05, 0) is 62.2 Å². The maximum Gasteiger partial charge on any atom is 0.0940 e. The van der Waals surface area contributed by atoms with Crippen molar-refractivity contribution < 1.29 is 0 Å². The predicted octanol–water partition coefficient (Wildman–Crippen LogP) is 2.61. The first kappa shape index (κ1) is 13.3. The summed E-state index contributed by atoms with van der Waals surface area (Å²) >= 11 is 0. The Labute approximate surface area is 127 Å². The molecule has 0 aromatic carbocycles. The van der Waals surface area contributed by atoms with Gasteiger partial charge in [-0.15, -0.1) is 12.8 Å². The molecule has 0 amide bonds. The van der Waals surface area contributed by atoms with Crippen molar-refractivity contribution in [1.29, 1.82) is 0 Å². The molecule has 0 heterocycles. The van der Waals surface area contributed by atoms with Crippen LogP contribution in [0.2, 0.25) is 0 Å². The summed E-state index contributed by atoms with van der Waals surface area (Å²) in [7, 11) is 0. The molecular formula is C21H14. The van der Waals surface area contributed by atoms with Crippen molar-refractivity contribution in [3.05, 3.63) is 0 Å². The molecule has 3 aliphatic carbocycles. The van der Waals surface area contributed by atoms with Gasteiger partial charge in [0.15, 0.2) is 0 Å². The van der Waals surface area contributed by atoms with E-state index in [2.05, 4.69) is 59.2 Å². The molecule has 21 heavy (non-hydrogen) atoms. The lowest BCUT2D eigenvalue weighted by atomic mass is 10.1. The van der Waals surface area contributed by atoms with E-state index in [1.54, 1.807) is 0 Å². The Morgan fingerprint density at radius 3 is 1.00 bits per heavy atom. The molecule has 0 bridgehead atoms. The molecule has 0 unspecified atom stereocenters. The van der Waals surface area contributed by atoms with Crippen LogP contribution in [0, 0.1) is 88.3 Å². The SMILES string of the molecule is C#CC1(C#CC#CC2(C#CC#CC3(C#C)CC3)CC2)CC1. The van der Waals surface area contributed by atoms with Gasteiger partial charge in [0, 0.05) is 0 Å². The molecule has 0 atom stereocenters. The fourth-order valence-corrected chi connectivity index (χ4v) is 1.87. The first-order chi connectivity index (χ1) is 10.2. The molecule has 0 N–H and O–H groups in total. The molecule has 0 radical (unpaired) electrons.